The molecule has 0 unspecified atom stereocenters. The van der Waals surface area contributed by atoms with Crippen LogP contribution in [0.4, 0.5) is 0 Å². The van der Waals surface area contributed by atoms with Gasteiger partial charge in [-0.1, -0.05) is 0 Å². The SMILES string of the molecule is [I-].[I-].c1ccc([CH2][Sb+2]([CH2]c2ccccc2)[CH2]c2ccccc2)cc1. The molecule has 124 valence electrons. The molecule has 0 saturated carbocycles. The van der Waals surface area contributed by atoms with Crippen molar-refractivity contribution in [3.63, 3.8) is 0 Å². The summed E-state index contributed by atoms with van der Waals surface area (Å²) in [5.74, 6) is 0. The normalized spacial score (nSPS) is 9.50. The zero-order valence-corrected chi connectivity index (χ0v) is 20.4. The second-order valence-corrected chi connectivity index (χ2v) is 12.1. The van der Waals surface area contributed by atoms with Crippen molar-refractivity contribution in [1.82, 2.24) is 0 Å². The van der Waals surface area contributed by atoms with Crippen LogP contribution in [0.3, 0.4) is 0 Å². The molecule has 3 aromatic rings. The molecule has 3 heteroatoms. The molecule has 0 radical (unpaired) electrons. The van der Waals surface area contributed by atoms with Gasteiger partial charge in [0, 0.05) is 0 Å². The number of rotatable bonds is 6. The number of hydrogen-bond donors (Lipinski definition) is 0. The molecule has 0 nitrogen and oxygen atoms in total. The summed E-state index contributed by atoms with van der Waals surface area (Å²) in [5, 5.41) is 0. The van der Waals surface area contributed by atoms with E-state index in [1.807, 2.05) is 0 Å². The van der Waals surface area contributed by atoms with Gasteiger partial charge in [-0.25, -0.2) is 0 Å². The van der Waals surface area contributed by atoms with Gasteiger partial charge in [0.25, 0.3) is 0 Å². The van der Waals surface area contributed by atoms with Gasteiger partial charge < -0.3 is 48.0 Å². The molecule has 0 aromatic heterocycles. The molecule has 0 aliphatic heterocycles. The molecule has 0 atom stereocenters. The molecule has 3 aromatic carbocycles. The van der Waals surface area contributed by atoms with Crippen LogP contribution in [0.5, 0.6) is 0 Å². The van der Waals surface area contributed by atoms with Crippen LogP contribution in [-0.2, 0) is 13.1 Å². The van der Waals surface area contributed by atoms with Crippen LogP contribution in [0.2, 0.25) is 0 Å². The molecule has 0 amide bonds. The van der Waals surface area contributed by atoms with Crippen LogP contribution in [-0.4, -0.2) is 20.2 Å². The van der Waals surface area contributed by atoms with Gasteiger partial charge in [-0.05, 0) is 0 Å². The van der Waals surface area contributed by atoms with Gasteiger partial charge in [-0.2, -0.15) is 0 Å². The first kappa shape index (κ1) is 22.0. The van der Waals surface area contributed by atoms with Gasteiger partial charge in [0.05, 0.1) is 0 Å². The number of halogens is 2. The summed E-state index contributed by atoms with van der Waals surface area (Å²) in [6, 6.07) is 33.0. The maximum atomic E-state index is 2.28. The van der Waals surface area contributed by atoms with Crippen molar-refractivity contribution in [1.29, 1.82) is 0 Å². The fraction of sp³-hybridized carbons (Fsp3) is 0.143. The second kappa shape index (κ2) is 12.3. The van der Waals surface area contributed by atoms with Gasteiger partial charge >= 0.3 is 141 Å². The molecule has 3 rings (SSSR count). The molecule has 24 heavy (non-hydrogen) atoms. The first-order valence-electron chi connectivity index (χ1n) is 7.74. The molecule has 0 N–H and O–H groups in total. The zero-order chi connectivity index (χ0) is 15.0. The van der Waals surface area contributed by atoms with E-state index in [4.69, 9.17) is 0 Å². The zero-order valence-electron chi connectivity index (χ0n) is 13.5. The molecule has 0 aliphatic rings. The average Bonchev–Trinajstić information content (AvgIpc) is 2.57. The molecule has 0 aliphatic carbocycles. The average molecular weight is 649 g/mol. The second-order valence-electron chi connectivity index (χ2n) is 5.60. The van der Waals surface area contributed by atoms with Gasteiger partial charge in [0.2, 0.25) is 0 Å². The van der Waals surface area contributed by atoms with Crippen molar-refractivity contribution in [2.45, 2.75) is 13.1 Å². The Balaban J connectivity index is 0.00000144. The third-order valence-electron chi connectivity index (χ3n) is 3.75. The third kappa shape index (κ3) is 7.45. The van der Waals surface area contributed by atoms with Gasteiger partial charge in [-0.3, -0.25) is 0 Å². The Kier molecular flexibility index (Phi) is 11.3. The van der Waals surface area contributed by atoms with Crippen molar-refractivity contribution in [3.05, 3.63) is 108 Å². The monoisotopic (exact) mass is 648 g/mol. The van der Waals surface area contributed by atoms with E-state index in [0.717, 1.165) is 0 Å². The van der Waals surface area contributed by atoms with Crippen LogP contribution in [0, 0.1) is 0 Å². The summed E-state index contributed by atoms with van der Waals surface area (Å²) in [6.07, 6.45) is 0. The van der Waals surface area contributed by atoms with Gasteiger partial charge in [0.15, 0.2) is 0 Å². The van der Waals surface area contributed by atoms with Crippen LogP contribution >= 0.6 is 0 Å². The molecule has 0 saturated heterocycles. The summed E-state index contributed by atoms with van der Waals surface area (Å²) < 4.78 is 3.94. The summed E-state index contributed by atoms with van der Waals surface area (Å²) in [7, 11) is 0. The Morgan fingerprint density at radius 3 is 0.917 bits per heavy atom. The Morgan fingerprint density at radius 2 is 0.667 bits per heavy atom. The summed E-state index contributed by atoms with van der Waals surface area (Å²) in [4.78, 5) is 0. The van der Waals surface area contributed by atoms with Crippen molar-refractivity contribution in [2.75, 3.05) is 0 Å². The first-order chi connectivity index (χ1) is 10.9. The fourth-order valence-electron chi connectivity index (χ4n) is 2.69. The van der Waals surface area contributed by atoms with E-state index in [-0.39, 0.29) is 48.0 Å². The fourth-order valence-corrected chi connectivity index (χ4v) is 9.88. The van der Waals surface area contributed by atoms with Crippen molar-refractivity contribution in [3.8, 4) is 0 Å². The summed E-state index contributed by atoms with van der Waals surface area (Å²) >= 11 is -1.41. The van der Waals surface area contributed by atoms with E-state index in [0.29, 0.717) is 0 Å². The van der Waals surface area contributed by atoms with Crippen LogP contribution in [0.15, 0.2) is 91.0 Å². The van der Waals surface area contributed by atoms with Crippen molar-refractivity contribution < 1.29 is 48.0 Å². The van der Waals surface area contributed by atoms with Crippen molar-refractivity contribution in [2.24, 2.45) is 0 Å². The topological polar surface area (TPSA) is 0 Å². The predicted molar refractivity (Wildman–Crippen MR) is 96.2 cm³/mol. The Morgan fingerprint density at radius 1 is 0.417 bits per heavy atom. The minimum atomic E-state index is -1.41. The Labute approximate surface area is 187 Å². The van der Waals surface area contributed by atoms with E-state index in [1.165, 1.54) is 29.8 Å². The molecule has 0 spiro atoms. The van der Waals surface area contributed by atoms with Crippen LogP contribution in [0.1, 0.15) is 16.7 Å². The molecular weight excluding hydrogens is 628 g/mol. The van der Waals surface area contributed by atoms with E-state index in [1.54, 1.807) is 0 Å². The molecule has 0 bridgehead atoms. The summed E-state index contributed by atoms with van der Waals surface area (Å²) in [6.45, 7) is 0. The first-order valence-corrected chi connectivity index (χ1v) is 13.2. The quantitative estimate of drug-likeness (QED) is 0.234. The van der Waals surface area contributed by atoms with E-state index < -0.39 is 20.2 Å². The Bertz CT molecular complexity index is 573. The standard InChI is InChI=1S/3C7H7.2HI.Sb/c3*1-7-5-3-2-4-6-7;;;/h3*2-6H,1H2;2*1H;/q;;;;;+2/p-2. The number of benzene rings is 3. The molecular formula is C21H21I2Sb. The summed E-state index contributed by atoms with van der Waals surface area (Å²) in [5.41, 5.74) is 4.53. The van der Waals surface area contributed by atoms with Crippen LogP contribution < -0.4 is 48.0 Å². The van der Waals surface area contributed by atoms with E-state index in [9.17, 15) is 0 Å². The third-order valence-corrected chi connectivity index (χ3v) is 10.7. The van der Waals surface area contributed by atoms with E-state index >= 15 is 0 Å². The van der Waals surface area contributed by atoms with E-state index in [2.05, 4.69) is 91.0 Å². The molecule has 0 heterocycles. The minimum absolute atomic E-state index is 0. The Hall–Kier alpha value is -0.0618. The maximum absolute atomic E-state index is 2.28. The van der Waals surface area contributed by atoms with Crippen molar-refractivity contribution >= 4 is 20.2 Å². The van der Waals surface area contributed by atoms with Gasteiger partial charge in [0.1, 0.15) is 0 Å². The van der Waals surface area contributed by atoms with Gasteiger partial charge in [-0.15, -0.1) is 0 Å². The number of hydrogen-bond acceptors (Lipinski definition) is 0. The van der Waals surface area contributed by atoms with Crippen LogP contribution in [0.25, 0.3) is 0 Å². The molecule has 0 fully saturated rings. The predicted octanol–water partition coefficient (Wildman–Crippen LogP) is -1.17.